The molecule has 3 nitrogen and oxygen atoms in total. The Hall–Kier alpha value is -1.15. The third-order valence-corrected chi connectivity index (χ3v) is 0.301. The fraction of sp³-hybridized carbons (Fsp3) is 0. The molecule has 0 unspecified atom stereocenters. The molecule has 4 heteroatoms. The minimum Gasteiger partial charge on any atom is -0.361 e. The summed E-state index contributed by atoms with van der Waals surface area (Å²) in [4.78, 5) is 5.40. The quantitative estimate of drug-likeness (QED) is 0.219. The molecule has 0 aliphatic heterocycles. The number of rotatable bonds is 2. The molecule has 0 N–H and O–H groups in total. The van der Waals surface area contributed by atoms with Gasteiger partial charge in [0.2, 0.25) is 5.76 Å². The zero-order chi connectivity index (χ0) is 5.70. The van der Waals surface area contributed by atoms with E-state index in [0.29, 0.717) is 0 Å². The van der Waals surface area contributed by atoms with Gasteiger partial charge in [0.1, 0.15) is 0 Å². The largest absolute Gasteiger partial charge is 0.361 e. The van der Waals surface area contributed by atoms with Crippen LogP contribution in [-0.2, 0) is 4.94 Å². The van der Waals surface area contributed by atoms with E-state index in [0.717, 1.165) is 6.21 Å². The van der Waals surface area contributed by atoms with Crippen molar-refractivity contribution < 1.29 is 14.3 Å². The van der Waals surface area contributed by atoms with Crippen molar-refractivity contribution in [3.8, 4) is 0 Å². The summed E-state index contributed by atoms with van der Waals surface area (Å²) in [5.41, 5.74) is 7.63. The van der Waals surface area contributed by atoms with Gasteiger partial charge in [-0.25, -0.2) is 0 Å². The highest BCUT2D eigenvalue weighted by atomic mass is 19.3. The van der Waals surface area contributed by atoms with Crippen LogP contribution in [0.4, 0.5) is 4.53 Å². The Bertz CT molecular complexity index is 116. The third-order valence-electron chi connectivity index (χ3n) is 0.301. The number of hydrogen-bond acceptors (Lipinski definition) is 1. The average Bonchev–Trinajstić information content (AvgIpc) is 1.68. The summed E-state index contributed by atoms with van der Waals surface area (Å²) in [6.07, 6.45) is 0.736. The molecule has 0 aromatic heterocycles. The van der Waals surface area contributed by atoms with E-state index in [9.17, 15) is 4.53 Å². The van der Waals surface area contributed by atoms with Gasteiger partial charge >= 0.3 is 6.21 Å². The Labute approximate surface area is 39.5 Å². The topological polar surface area (TPSA) is 45.6 Å². The third kappa shape index (κ3) is 2.66. The molecule has 0 aliphatic rings. The SMILES string of the molecule is C=C(C=[N+]=[N-])OF. The van der Waals surface area contributed by atoms with Crippen molar-refractivity contribution >= 4 is 6.21 Å². The summed E-state index contributed by atoms with van der Waals surface area (Å²) in [5, 5.41) is 0. The van der Waals surface area contributed by atoms with Gasteiger partial charge in [0.25, 0.3) is 0 Å². The van der Waals surface area contributed by atoms with Crippen molar-refractivity contribution in [1.82, 2.24) is 0 Å². The molecular formula is C3H3FN2O. The van der Waals surface area contributed by atoms with E-state index in [4.69, 9.17) is 5.53 Å². The van der Waals surface area contributed by atoms with Crippen LogP contribution in [0.5, 0.6) is 0 Å². The molecule has 0 rings (SSSR count). The molecular weight excluding hydrogens is 99.0 g/mol. The highest BCUT2D eigenvalue weighted by molar-refractivity contribution is 5.69. The molecule has 0 amide bonds. The molecule has 0 aliphatic carbocycles. The van der Waals surface area contributed by atoms with E-state index >= 15 is 0 Å². The van der Waals surface area contributed by atoms with Crippen LogP contribution in [0.2, 0.25) is 0 Å². The maximum absolute atomic E-state index is 10.8. The van der Waals surface area contributed by atoms with Gasteiger partial charge in [0.05, 0.1) is 0 Å². The van der Waals surface area contributed by atoms with Crippen LogP contribution < -0.4 is 0 Å². The highest BCUT2D eigenvalue weighted by Gasteiger charge is 1.89. The molecule has 0 spiro atoms. The second-order valence-electron chi connectivity index (χ2n) is 0.788. The van der Waals surface area contributed by atoms with Crippen molar-refractivity contribution in [3.63, 3.8) is 0 Å². The van der Waals surface area contributed by atoms with Gasteiger partial charge in [-0.05, 0) is 6.58 Å². The first-order valence-corrected chi connectivity index (χ1v) is 1.46. The molecule has 38 valence electrons. The van der Waals surface area contributed by atoms with Gasteiger partial charge in [-0.3, -0.25) is 4.94 Å². The maximum atomic E-state index is 10.8. The Balaban J connectivity index is 3.58. The van der Waals surface area contributed by atoms with Crippen molar-refractivity contribution in [3.05, 3.63) is 17.9 Å². The van der Waals surface area contributed by atoms with Crippen molar-refractivity contribution in [2.45, 2.75) is 0 Å². The molecule has 7 heavy (non-hydrogen) atoms. The summed E-state index contributed by atoms with van der Waals surface area (Å²) in [6, 6.07) is 0. The van der Waals surface area contributed by atoms with Crippen LogP contribution in [0.1, 0.15) is 0 Å². The molecule has 0 heterocycles. The fourth-order valence-electron chi connectivity index (χ4n) is 0.0843. The van der Waals surface area contributed by atoms with Gasteiger partial charge in [0.15, 0.2) is 0 Å². The molecule has 0 fully saturated rings. The Morgan fingerprint density at radius 3 is 2.71 bits per heavy atom. The smallest absolute Gasteiger partial charge is 0.326 e. The van der Waals surface area contributed by atoms with Crippen LogP contribution >= 0.6 is 0 Å². The number of halogens is 1. The first-order chi connectivity index (χ1) is 3.31. The van der Waals surface area contributed by atoms with E-state index in [1.54, 1.807) is 0 Å². The van der Waals surface area contributed by atoms with E-state index in [1.165, 1.54) is 0 Å². The van der Waals surface area contributed by atoms with E-state index in [2.05, 4.69) is 16.3 Å². The summed E-state index contributed by atoms with van der Waals surface area (Å²) >= 11 is 0. The predicted octanol–water partition coefficient (Wildman–Crippen LogP) is 0.702. The second kappa shape index (κ2) is 3.06. The number of hydrogen-bond donors (Lipinski definition) is 0. The van der Waals surface area contributed by atoms with Crippen molar-refractivity contribution in [2.75, 3.05) is 0 Å². The molecule has 0 bridgehead atoms. The Kier molecular flexibility index (Phi) is 2.55. The maximum Gasteiger partial charge on any atom is 0.326 e. The van der Waals surface area contributed by atoms with Gasteiger partial charge in [-0.2, -0.15) is 4.79 Å². The Morgan fingerprint density at radius 1 is 2.00 bits per heavy atom. The molecule has 0 saturated heterocycles. The zero-order valence-electron chi connectivity index (χ0n) is 3.47. The summed E-state index contributed by atoms with van der Waals surface area (Å²) < 4.78 is 10.8. The minimum absolute atomic E-state index is 0.331. The molecule has 0 atom stereocenters. The summed E-state index contributed by atoms with van der Waals surface area (Å²) in [7, 11) is 0. The van der Waals surface area contributed by atoms with Gasteiger partial charge in [-0.15, -0.1) is 0 Å². The van der Waals surface area contributed by atoms with E-state index < -0.39 is 0 Å². The Morgan fingerprint density at radius 2 is 2.57 bits per heavy atom. The highest BCUT2D eigenvalue weighted by Crippen LogP contribution is 1.84. The molecule has 0 aromatic rings. The predicted molar refractivity (Wildman–Crippen MR) is 21.0 cm³/mol. The first kappa shape index (κ1) is 5.85. The number of nitrogens with zero attached hydrogens (tertiary/aromatic N) is 2. The van der Waals surface area contributed by atoms with Gasteiger partial charge in [-0.1, -0.05) is 0 Å². The standard InChI is InChI=1S/C3H3FN2O/c1-3(7-4)2-6-5/h2H,1H2. The number of allylic oxidation sites excluding steroid dienone is 1. The van der Waals surface area contributed by atoms with E-state index in [-0.39, 0.29) is 5.76 Å². The van der Waals surface area contributed by atoms with Crippen LogP contribution in [0.3, 0.4) is 0 Å². The molecule has 0 saturated carbocycles. The van der Waals surface area contributed by atoms with Gasteiger partial charge < -0.3 is 5.53 Å². The minimum atomic E-state index is -0.331. The second-order valence-corrected chi connectivity index (χ2v) is 0.788. The normalized spacial score (nSPS) is 6.43. The summed E-state index contributed by atoms with van der Waals surface area (Å²) in [6.45, 7) is 2.96. The lowest BCUT2D eigenvalue weighted by atomic mass is 10.6. The summed E-state index contributed by atoms with van der Waals surface area (Å²) in [5.74, 6) is -0.331. The average molecular weight is 102 g/mol. The van der Waals surface area contributed by atoms with Crippen molar-refractivity contribution in [1.29, 1.82) is 0 Å². The van der Waals surface area contributed by atoms with Crippen LogP contribution in [0.25, 0.3) is 5.53 Å². The molecule has 0 radical (unpaired) electrons. The first-order valence-electron chi connectivity index (χ1n) is 1.46. The molecule has 0 aromatic carbocycles. The van der Waals surface area contributed by atoms with Crippen LogP contribution in [0, 0.1) is 0 Å². The van der Waals surface area contributed by atoms with Crippen LogP contribution in [0.15, 0.2) is 12.3 Å². The monoisotopic (exact) mass is 102 g/mol. The van der Waals surface area contributed by atoms with Gasteiger partial charge in [0, 0.05) is 4.53 Å². The lowest BCUT2D eigenvalue weighted by Gasteiger charge is -1.75. The zero-order valence-corrected chi connectivity index (χ0v) is 3.47. The lowest BCUT2D eigenvalue weighted by molar-refractivity contribution is -0.0815. The van der Waals surface area contributed by atoms with Crippen molar-refractivity contribution in [2.24, 2.45) is 0 Å². The lowest BCUT2D eigenvalue weighted by Crippen LogP contribution is -1.79. The fourth-order valence-corrected chi connectivity index (χ4v) is 0.0843. The van der Waals surface area contributed by atoms with Crippen LogP contribution in [-0.4, -0.2) is 11.0 Å². The van der Waals surface area contributed by atoms with E-state index in [1.807, 2.05) is 0 Å².